The number of ketones is 1. The zero-order chi connectivity index (χ0) is 16.7. The zero-order valence-corrected chi connectivity index (χ0v) is 14.1. The van der Waals surface area contributed by atoms with Gasteiger partial charge in [0.2, 0.25) is 5.91 Å². The van der Waals surface area contributed by atoms with E-state index in [-0.39, 0.29) is 24.5 Å². The summed E-state index contributed by atoms with van der Waals surface area (Å²) >= 11 is 0. The molecule has 0 atom stereocenters. The lowest BCUT2D eigenvalue weighted by Crippen LogP contribution is -2.48. The van der Waals surface area contributed by atoms with Crippen LogP contribution in [0.25, 0.3) is 0 Å². The number of carbonyl (C=O) groups is 2. The Labute approximate surface area is 138 Å². The molecule has 1 aromatic rings. The second-order valence-electron chi connectivity index (χ2n) is 5.70. The molecule has 5 nitrogen and oxygen atoms in total. The van der Waals surface area contributed by atoms with Crippen molar-refractivity contribution in [2.24, 2.45) is 0 Å². The Morgan fingerprint density at radius 1 is 1.00 bits per heavy atom. The highest BCUT2D eigenvalue weighted by atomic mass is 16.5. The highest BCUT2D eigenvalue weighted by Crippen LogP contribution is 2.14. The van der Waals surface area contributed by atoms with Crippen molar-refractivity contribution in [1.29, 1.82) is 0 Å². The molecular weight excluding hydrogens is 292 g/mol. The van der Waals surface area contributed by atoms with Gasteiger partial charge in [-0.05, 0) is 37.7 Å². The number of amides is 1. The summed E-state index contributed by atoms with van der Waals surface area (Å²) in [5.74, 6) is 0.850. The second-order valence-corrected chi connectivity index (χ2v) is 5.70. The van der Waals surface area contributed by atoms with Gasteiger partial charge in [-0.3, -0.25) is 9.59 Å². The van der Waals surface area contributed by atoms with Crippen LogP contribution in [-0.2, 0) is 4.79 Å². The van der Waals surface area contributed by atoms with Crippen LogP contribution in [0.2, 0.25) is 0 Å². The van der Waals surface area contributed by atoms with Gasteiger partial charge >= 0.3 is 0 Å². The van der Waals surface area contributed by atoms with Crippen molar-refractivity contribution in [2.75, 3.05) is 39.3 Å². The fourth-order valence-electron chi connectivity index (χ4n) is 2.74. The van der Waals surface area contributed by atoms with E-state index in [1.807, 2.05) is 11.8 Å². The number of benzene rings is 1. The fourth-order valence-corrected chi connectivity index (χ4v) is 2.74. The first-order valence-corrected chi connectivity index (χ1v) is 8.40. The highest BCUT2D eigenvalue weighted by molar-refractivity contribution is 5.98. The molecule has 1 aromatic carbocycles. The monoisotopic (exact) mass is 318 g/mol. The smallest absolute Gasteiger partial charge is 0.223 e. The molecule has 1 amide bonds. The fraction of sp³-hybridized carbons (Fsp3) is 0.556. The Morgan fingerprint density at radius 2 is 1.65 bits per heavy atom. The third kappa shape index (κ3) is 5.06. The minimum Gasteiger partial charge on any atom is -0.494 e. The van der Waals surface area contributed by atoms with Crippen molar-refractivity contribution in [3.8, 4) is 5.75 Å². The van der Waals surface area contributed by atoms with Crippen molar-refractivity contribution in [2.45, 2.75) is 26.7 Å². The maximum Gasteiger partial charge on any atom is 0.223 e. The number of Topliss-reactive ketones (excluding diaryl/α,β-unsaturated/α-hetero) is 1. The first-order chi connectivity index (χ1) is 11.1. The first kappa shape index (κ1) is 17.5. The summed E-state index contributed by atoms with van der Waals surface area (Å²) in [6, 6.07) is 7.11. The molecule has 0 unspecified atom stereocenters. The van der Waals surface area contributed by atoms with E-state index in [0.717, 1.165) is 38.5 Å². The van der Waals surface area contributed by atoms with Crippen LogP contribution in [0.1, 0.15) is 37.0 Å². The van der Waals surface area contributed by atoms with E-state index in [1.165, 1.54) is 0 Å². The van der Waals surface area contributed by atoms with Gasteiger partial charge in [0.15, 0.2) is 5.78 Å². The Hall–Kier alpha value is -1.88. The molecule has 0 radical (unpaired) electrons. The summed E-state index contributed by atoms with van der Waals surface area (Å²) in [5.41, 5.74) is 0.636. The van der Waals surface area contributed by atoms with Crippen LogP contribution in [0.3, 0.4) is 0 Å². The maximum absolute atomic E-state index is 12.2. The average Bonchev–Trinajstić information content (AvgIpc) is 2.60. The topological polar surface area (TPSA) is 49.9 Å². The summed E-state index contributed by atoms with van der Waals surface area (Å²) in [6.07, 6.45) is 0.555. The summed E-state index contributed by atoms with van der Waals surface area (Å²) in [6.45, 7) is 9.07. The lowest BCUT2D eigenvalue weighted by atomic mass is 10.1. The Bertz CT molecular complexity index is 520. The van der Waals surface area contributed by atoms with E-state index in [1.54, 1.807) is 24.3 Å². The summed E-state index contributed by atoms with van der Waals surface area (Å²) in [5, 5.41) is 0. The molecule has 0 N–H and O–H groups in total. The molecule has 0 spiro atoms. The molecule has 5 heteroatoms. The minimum absolute atomic E-state index is 0.00796. The van der Waals surface area contributed by atoms with Crippen LogP contribution >= 0.6 is 0 Å². The molecule has 1 aliphatic heterocycles. The molecule has 0 aromatic heterocycles. The molecule has 2 rings (SSSR count). The van der Waals surface area contributed by atoms with Gasteiger partial charge in [-0.2, -0.15) is 0 Å². The van der Waals surface area contributed by atoms with E-state index < -0.39 is 0 Å². The molecule has 0 aliphatic carbocycles. The molecule has 0 bridgehead atoms. The number of likely N-dealkylation sites (N-methyl/N-ethyl adjacent to an activating group) is 1. The number of piperazine rings is 1. The van der Waals surface area contributed by atoms with Gasteiger partial charge in [-0.25, -0.2) is 0 Å². The van der Waals surface area contributed by atoms with Crippen LogP contribution < -0.4 is 4.74 Å². The predicted molar refractivity (Wildman–Crippen MR) is 89.9 cm³/mol. The number of carbonyl (C=O) groups excluding carboxylic acids is 2. The third-order valence-electron chi connectivity index (χ3n) is 4.23. The van der Waals surface area contributed by atoms with E-state index in [0.29, 0.717) is 12.2 Å². The van der Waals surface area contributed by atoms with E-state index >= 15 is 0 Å². The van der Waals surface area contributed by atoms with Crippen LogP contribution in [0.4, 0.5) is 0 Å². The Kier molecular flexibility index (Phi) is 6.59. The standard InChI is InChI=1S/C18H26N2O3/c1-3-19-11-13-20(14-12-19)18(22)10-9-17(21)15-5-7-16(8-6-15)23-4-2/h5-8H,3-4,9-14H2,1-2H3. The van der Waals surface area contributed by atoms with Crippen LogP contribution in [0, 0.1) is 0 Å². The summed E-state index contributed by atoms with van der Waals surface area (Å²) in [4.78, 5) is 28.6. The second kappa shape index (κ2) is 8.67. The Morgan fingerprint density at radius 3 is 2.22 bits per heavy atom. The van der Waals surface area contributed by atoms with Crippen molar-refractivity contribution >= 4 is 11.7 Å². The van der Waals surface area contributed by atoms with E-state index in [9.17, 15) is 9.59 Å². The molecular formula is C18H26N2O3. The van der Waals surface area contributed by atoms with Gasteiger partial charge < -0.3 is 14.5 Å². The van der Waals surface area contributed by atoms with Crippen molar-refractivity contribution < 1.29 is 14.3 Å². The number of ether oxygens (including phenoxy) is 1. The number of hydrogen-bond acceptors (Lipinski definition) is 4. The number of hydrogen-bond donors (Lipinski definition) is 0. The van der Waals surface area contributed by atoms with E-state index in [2.05, 4.69) is 11.8 Å². The van der Waals surface area contributed by atoms with Crippen LogP contribution in [0.15, 0.2) is 24.3 Å². The van der Waals surface area contributed by atoms with Gasteiger partial charge in [-0.15, -0.1) is 0 Å². The predicted octanol–water partition coefficient (Wildman–Crippen LogP) is 2.21. The molecule has 0 saturated carbocycles. The normalized spacial score (nSPS) is 15.5. The summed E-state index contributed by atoms with van der Waals surface area (Å²) in [7, 11) is 0. The highest BCUT2D eigenvalue weighted by Gasteiger charge is 2.20. The van der Waals surface area contributed by atoms with Crippen LogP contribution in [-0.4, -0.2) is 60.8 Å². The molecule has 1 fully saturated rings. The third-order valence-corrected chi connectivity index (χ3v) is 4.23. The number of rotatable bonds is 7. The van der Waals surface area contributed by atoms with Crippen molar-refractivity contribution in [1.82, 2.24) is 9.80 Å². The summed E-state index contributed by atoms with van der Waals surface area (Å²) < 4.78 is 5.36. The first-order valence-electron chi connectivity index (χ1n) is 8.40. The molecule has 23 heavy (non-hydrogen) atoms. The zero-order valence-electron chi connectivity index (χ0n) is 14.1. The van der Waals surface area contributed by atoms with E-state index in [4.69, 9.17) is 4.74 Å². The van der Waals surface area contributed by atoms with Crippen molar-refractivity contribution in [3.05, 3.63) is 29.8 Å². The molecule has 126 valence electrons. The molecule has 1 heterocycles. The van der Waals surface area contributed by atoms with Gasteiger partial charge in [0.1, 0.15) is 5.75 Å². The lowest BCUT2D eigenvalue weighted by molar-refractivity contribution is -0.132. The van der Waals surface area contributed by atoms with Gasteiger partial charge in [0.05, 0.1) is 6.61 Å². The number of nitrogens with zero attached hydrogens (tertiary/aromatic N) is 2. The van der Waals surface area contributed by atoms with Crippen molar-refractivity contribution in [3.63, 3.8) is 0 Å². The Balaban J connectivity index is 1.78. The van der Waals surface area contributed by atoms with Crippen LogP contribution in [0.5, 0.6) is 5.75 Å². The minimum atomic E-state index is 0.00796. The molecule has 1 aliphatic rings. The maximum atomic E-state index is 12.2. The molecule has 1 saturated heterocycles. The largest absolute Gasteiger partial charge is 0.494 e. The SMILES string of the molecule is CCOc1ccc(C(=O)CCC(=O)N2CCN(CC)CC2)cc1. The van der Waals surface area contributed by atoms with Gasteiger partial charge in [0.25, 0.3) is 0 Å². The quantitative estimate of drug-likeness (QED) is 0.723. The lowest BCUT2D eigenvalue weighted by Gasteiger charge is -2.34. The average molecular weight is 318 g/mol. The van der Waals surface area contributed by atoms with Gasteiger partial charge in [0, 0.05) is 44.6 Å². The van der Waals surface area contributed by atoms with Gasteiger partial charge in [-0.1, -0.05) is 6.92 Å².